The molecule has 1 heterocycles. The Labute approximate surface area is 175 Å². The second-order valence-electron chi connectivity index (χ2n) is 7.65. The number of primary amides is 1. The van der Waals surface area contributed by atoms with Crippen molar-refractivity contribution >= 4 is 16.7 Å². The summed E-state index contributed by atoms with van der Waals surface area (Å²) in [6, 6.07) is 16.7. The summed E-state index contributed by atoms with van der Waals surface area (Å²) in [5.41, 5.74) is 8.21. The molecule has 2 aromatic carbocycles. The Morgan fingerprint density at radius 2 is 1.79 bits per heavy atom. The van der Waals surface area contributed by atoms with Gasteiger partial charge < -0.3 is 15.4 Å². The minimum atomic E-state index is -1.26. The number of hydrogen-bond donors (Lipinski definition) is 1. The van der Waals surface area contributed by atoms with Gasteiger partial charge in [0, 0.05) is 29.1 Å². The highest BCUT2D eigenvalue weighted by molar-refractivity contribution is 7.84. The van der Waals surface area contributed by atoms with E-state index in [2.05, 4.69) is 24.0 Å². The second kappa shape index (κ2) is 10.6. The summed E-state index contributed by atoms with van der Waals surface area (Å²) in [7, 11) is -1.26. The molecule has 1 aliphatic heterocycles. The maximum atomic E-state index is 11.8. The number of nitrogens with two attached hydrogens (primary N) is 1. The van der Waals surface area contributed by atoms with E-state index in [0.717, 1.165) is 42.0 Å². The molecule has 0 aliphatic carbocycles. The third-order valence-electron chi connectivity index (χ3n) is 5.32. The molecule has 156 valence electrons. The van der Waals surface area contributed by atoms with E-state index in [4.69, 9.17) is 10.5 Å². The van der Waals surface area contributed by atoms with Gasteiger partial charge in [-0.2, -0.15) is 0 Å². The summed E-state index contributed by atoms with van der Waals surface area (Å²) >= 11 is 0. The summed E-state index contributed by atoms with van der Waals surface area (Å²) in [5.74, 6) is 0.599. The Hall–Kier alpha value is -2.18. The van der Waals surface area contributed by atoms with E-state index in [1.54, 1.807) is 0 Å². The third kappa shape index (κ3) is 6.68. The molecule has 0 saturated carbocycles. The van der Waals surface area contributed by atoms with Crippen LogP contribution in [0.3, 0.4) is 0 Å². The van der Waals surface area contributed by atoms with Gasteiger partial charge in [-0.3, -0.25) is 9.00 Å². The van der Waals surface area contributed by atoms with Gasteiger partial charge in [-0.15, -0.1) is 0 Å². The predicted octanol–water partition coefficient (Wildman–Crippen LogP) is 3.34. The third-order valence-corrected chi connectivity index (χ3v) is 6.58. The van der Waals surface area contributed by atoms with Crippen LogP contribution in [-0.4, -0.2) is 46.5 Å². The average molecular weight is 415 g/mol. The van der Waals surface area contributed by atoms with Crippen LogP contribution < -0.4 is 10.5 Å². The van der Waals surface area contributed by atoms with Gasteiger partial charge in [-0.1, -0.05) is 36.4 Å². The topological polar surface area (TPSA) is 72.6 Å². The lowest BCUT2D eigenvalue weighted by atomic mass is 10.0. The smallest absolute Gasteiger partial charge is 0.230 e. The fourth-order valence-corrected chi connectivity index (χ4v) is 4.70. The molecule has 2 atom stereocenters. The van der Waals surface area contributed by atoms with Crippen molar-refractivity contribution in [3.05, 3.63) is 54.1 Å². The lowest BCUT2D eigenvalue weighted by Crippen LogP contribution is -2.28. The number of amides is 1. The first-order valence-electron chi connectivity index (χ1n) is 10.2. The maximum Gasteiger partial charge on any atom is 0.230 e. The first-order chi connectivity index (χ1) is 14.0. The van der Waals surface area contributed by atoms with Crippen molar-refractivity contribution in [3.63, 3.8) is 0 Å². The molecule has 5 nitrogen and oxygen atoms in total. The fraction of sp³-hybridized carbons (Fsp3) is 0.435. The van der Waals surface area contributed by atoms with Crippen LogP contribution in [0.5, 0.6) is 5.75 Å². The molecule has 3 rings (SSSR count). The van der Waals surface area contributed by atoms with Crippen LogP contribution in [0, 0.1) is 0 Å². The van der Waals surface area contributed by atoms with Crippen molar-refractivity contribution in [1.82, 2.24) is 4.90 Å². The molecule has 2 N–H and O–H groups in total. The van der Waals surface area contributed by atoms with Gasteiger partial charge >= 0.3 is 0 Å². The molecule has 1 fully saturated rings. The monoisotopic (exact) mass is 414 g/mol. The number of carbonyl (C=O) groups excluding carboxylic acids is 1. The molecular weight excluding hydrogens is 384 g/mol. The number of benzene rings is 2. The number of carbonyl (C=O) groups is 1. The quantitative estimate of drug-likeness (QED) is 0.605. The Balaban J connectivity index is 1.46. The molecule has 0 aromatic heterocycles. The Kier molecular flexibility index (Phi) is 7.83. The fourth-order valence-electron chi connectivity index (χ4n) is 3.72. The highest BCUT2D eigenvalue weighted by atomic mass is 32.2. The number of likely N-dealkylation sites (tertiary alicyclic amines) is 1. The number of ether oxygens (including phenoxy) is 1. The van der Waals surface area contributed by atoms with E-state index in [9.17, 15) is 9.00 Å². The summed E-state index contributed by atoms with van der Waals surface area (Å²) in [6.45, 7) is 5.37. The van der Waals surface area contributed by atoms with Crippen molar-refractivity contribution in [2.75, 3.05) is 25.4 Å². The largest absolute Gasteiger partial charge is 0.494 e. The highest BCUT2D eigenvalue weighted by Crippen LogP contribution is 2.23. The number of rotatable bonds is 10. The van der Waals surface area contributed by atoms with E-state index in [0.29, 0.717) is 11.8 Å². The molecule has 1 saturated heterocycles. The van der Waals surface area contributed by atoms with Crippen LogP contribution in [-0.2, 0) is 21.3 Å². The zero-order valence-electron chi connectivity index (χ0n) is 17.0. The summed E-state index contributed by atoms with van der Waals surface area (Å²) in [6.07, 6.45) is 3.68. The number of hydrogen-bond acceptors (Lipinski definition) is 4. The van der Waals surface area contributed by atoms with Gasteiger partial charge in [0.25, 0.3) is 0 Å². The van der Waals surface area contributed by atoms with Crippen LogP contribution in [0.4, 0.5) is 0 Å². The van der Waals surface area contributed by atoms with E-state index < -0.39 is 16.7 Å². The van der Waals surface area contributed by atoms with E-state index in [1.165, 1.54) is 19.4 Å². The zero-order valence-corrected chi connectivity index (χ0v) is 17.8. The highest BCUT2D eigenvalue weighted by Gasteiger charge is 2.19. The maximum absolute atomic E-state index is 11.8. The van der Waals surface area contributed by atoms with Gasteiger partial charge in [-0.05, 0) is 61.6 Å². The van der Waals surface area contributed by atoms with Crippen molar-refractivity contribution in [3.8, 4) is 16.9 Å². The lowest BCUT2D eigenvalue weighted by Gasteiger charge is -2.20. The van der Waals surface area contributed by atoms with E-state index >= 15 is 0 Å². The molecule has 2 aromatic rings. The minimum absolute atomic E-state index is 0.0970. The van der Waals surface area contributed by atoms with Gasteiger partial charge in [0.15, 0.2) is 0 Å². The first kappa shape index (κ1) is 21.5. The molecule has 29 heavy (non-hydrogen) atoms. The molecule has 0 bridgehead atoms. The van der Waals surface area contributed by atoms with Gasteiger partial charge in [-0.25, -0.2) is 0 Å². The summed E-state index contributed by atoms with van der Waals surface area (Å²) < 4.78 is 17.7. The Morgan fingerprint density at radius 1 is 1.14 bits per heavy atom. The minimum Gasteiger partial charge on any atom is -0.494 e. The van der Waals surface area contributed by atoms with Crippen molar-refractivity contribution < 1.29 is 13.7 Å². The van der Waals surface area contributed by atoms with Gasteiger partial charge in [0.2, 0.25) is 5.91 Å². The van der Waals surface area contributed by atoms with Crippen molar-refractivity contribution in [2.45, 2.75) is 38.0 Å². The normalized spacial score (nSPS) is 17.9. The molecule has 6 heteroatoms. The number of nitrogens with zero attached hydrogens (tertiary/aromatic N) is 1. The first-order valence-corrected chi connectivity index (χ1v) is 11.7. The van der Waals surface area contributed by atoms with Crippen LogP contribution in [0.25, 0.3) is 11.1 Å². The molecule has 1 unspecified atom stereocenters. The lowest BCUT2D eigenvalue weighted by molar-refractivity contribution is -0.115. The molecule has 1 amide bonds. The van der Waals surface area contributed by atoms with Crippen molar-refractivity contribution in [2.24, 2.45) is 5.73 Å². The molecule has 1 aliphatic rings. The van der Waals surface area contributed by atoms with Crippen molar-refractivity contribution in [1.29, 1.82) is 0 Å². The summed E-state index contributed by atoms with van der Waals surface area (Å²) in [5, 5.41) is 0. The zero-order chi connectivity index (χ0) is 20.6. The Bertz CT molecular complexity index is 821. The molecule has 0 spiro atoms. The van der Waals surface area contributed by atoms with Gasteiger partial charge in [0.05, 0.1) is 6.61 Å². The van der Waals surface area contributed by atoms with E-state index in [-0.39, 0.29) is 5.75 Å². The van der Waals surface area contributed by atoms with E-state index in [1.807, 2.05) is 36.4 Å². The van der Waals surface area contributed by atoms with Crippen LogP contribution in [0.1, 0.15) is 31.7 Å². The SMILES string of the molecule is C[C@@H]1CCCN1CCCOc1ccc(-c2ccc(CS(=O)CC(N)=O)cc2)cc1. The standard InChI is InChI=1S/C23H30N2O3S/c1-18-4-2-13-25(18)14-3-15-28-22-11-9-21(10-12-22)20-7-5-19(6-8-20)16-29(27)17-23(24)26/h5-12,18H,2-4,13-17H2,1H3,(H2,24,26)/t18-,29?/m1/s1. The average Bonchev–Trinajstić information content (AvgIpc) is 3.10. The predicted molar refractivity (Wildman–Crippen MR) is 118 cm³/mol. The Morgan fingerprint density at radius 3 is 2.38 bits per heavy atom. The van der Waals surface area contributed by atoms with Crippen LogP contribution in [0.15, 0.2) is 48.5 Å². The summed E-state index contributed by atoms with van der Waals surface area (Å²) in [4.78, 5) is 13.4. The second-order valence-corrected chi connectivity index (χ2v) is 9.10. The van der Waals surface area contributed by atoms with Gasteiger partial charge in [0.1, 0.15) is 11.5 Å². The molecule has 0 radical (unpaired) electrons. The van der Waals surface area contributed by atoms with Crippen LogP contribution in [0.2, 0.25) is 0 Å². The molecular formula is C23H30N2O3S. The van der Waals surface area contributed by atoms with Crippen LogP contribution >= 0.6 is 0 Å².